The molecule has 0 bridgehead atoms. The molecule has 0 radical (unpaired) electrons. The lowest BCUT2D eigenvalue weighted by atomic mass is 10.0. The molecular weight excluding hydrogens is 996 g/mol. The Kier molecular flexibility index (Phi) is 59.0. The van der Waals surface area contributed by atoms with Crippen LogP contribution in [0.4, 0.5) is 0 Å². The van der Waals surface area contributed by atoms with Crippen LogP contribution in [0.15, 0.2) is 72.9 Å². The maximum Gasteiger partial charge on any atom is 0.472 e. The number of nitrogens with one attached hydrogen (secondary N) is 1. The normalized spacial score (nSPS) is 14.2. The first-order valence-corrected chi connectivity index (χ1v) is 35.3. The highest BCUT2D eigenvalue weighted by atomic mass is 31.2. The van der Waals surface area contributed by atoms with E-state index >= 15 is 0 Å². The fraction of sp³-hybridized carbons (Fsp3) is 0.814. The molecule has 0 aliphatic rings. The fourth-order valence-electron chi connectivity index (χ4n) is 10.00. The van der Waals surface area contributed by atoms with Gasteiger partial charge in [0.15, 0.2) is 0 Å². The minimum atomic E-state index is -4.33. The Morgan fingerprint density at radius 1 is 0.443 bits per heavy atom. The van der Waals surface area contributed by atoms with Gasteiger partial charge in [-0.1, -0.05) is 318 Å². The van der Waals surface area contributed by atoms with Crippen LogP contribution in [0.1, 0.15) is 316 Å². The predicted octanol–water partition coefficient (Wildman–Crippen LogP) is 21.4. The molecule has 0 spiro atoms. The standard InChI is InChI=1S/C70H131N2O6P/c1-6-8-10-12-14-16-18-20-22-24-26-27-28-29-30-31-32-33-34-35-36-37-38-39-40-41-42-43-44-45-46-48-50-52-54-56-58-60-62-64-70(74)71-68(67-78-79(75,76)77-66-65-72(3,4)5)69(73)63-61-59-57-55-53-51-49-47-25-23-21-19-17-15-13-11-9-7-2/h8,10,14,16,20,22,26-27,29-30,32-33,68-69,73H,6-7,9,11-13,15,17-19,21,23-25,28,31,34-67H2,1-5H3,(H-,71,74,75,76)/p+1/b10-8-,16-14-,22-20-,27-26-,30-29-,33-32-. The summed E-state index contributed by atoms with van der Waals surface area (Å²) in [6.45, 7) is 4.81. The number of amides is 1. The number of aliphatic hydroxyl groups is 1. The van der Waals surface area contributed by atoms with Crippen molar-refractivity contribution in [2.75, 3.05) is 40.9 Å². The van der Waals surface area contributed by atoms with Gasteiger partial charge in [-0.3, -0.25) is 13.8 Å². The summed E-state index contributed by atoms with van der Waals surface area (Å²) in [6.07, 6.45) is 84.2. The number of unbranched alkanes of at least 4 members (excludes halogenated alkanes) is 37. The van der Waals surface area contributed by atoms with Crippen LogP contribution >= 0.6 is 7.82 Å². The van der Waals surface area contributed by atoms with E-state index in [1.807, 2.05) is 21.1 Å². The van der Waals surface area contributed by atoms with E-state index in [4.69, 9.17) is 9.05 Å². The molecule has 79 heavy (non-hydrogen) atoms. The van der Waals surface area contributed by atoms with Crippen molar-refractivity contribution in [3.05, 3.63) is 72.9 Å². The number of likely N-dealkylation sites (N-methyl/N-ethyl adjacent to an activating group) is 1. The minimum absolute atomic E-state index is 0.0752. The highest BCUT2D eigenvalue weighted by Gasteiger charge is 2.28. The molecule has 0 aromatic heterocycles. The number of quaternary nitrogens is 1. The van der Waals surface area contributed by atoms with Crippen molar-refractivity contribution in [2.24, 2.45) is 0 Å². The summed E-state index contributed by atoms with van der Waals surface area (Å²) >= 11 is 0. The lowest BCUT2D eigenvalue weighted by molar-refractivity contribution is -0.870. The summed E-state index contributed by atoms with van der Waals surface area (Å²) in [5, 5.41) is 14.1. The van der Waals surface area contributed by atoms with Crippen LogP contribution in [0.3, 0.4) is 0 Å². The number of allylic oxidation sites excluding steroid dienone is 12. The molecule has 3 unspecified atom stereocenters. The molecule has 462 valence electrons. The first-order chi connectivity index (χ1) is 38.5. The number of rotatable bonds is 62. The van der Waals surface area contributed by atoms with Gasteiger partial charge < -0.3 is 19.8 Å². The molecule has 9 heteroatoms. The third-order valence-corrected chi connectivity index (χ3v) is 16.2. The first kappa shape index (κ1) is 76.9. The fourth-order valence-corrected chi connectivity index (χ4v) is 10.7. The molecule has 0 saturated carbocycles. The van der Waals surface area contributed by atoms with E-state index in [1.165, 1.54) is 212 Å². The van der Waals surface area contributed by atoms with E-state index in [1.54, 1.807) is 0 Å². The SMILES string of the molecule is CC/C=C\C/C=C\C/C=C\C/C=C\C/C=C\C/C=C\CCCCCCCCCCCCCCCCCCCCCCC(=O)NC(COP(=O)(O)OCC[N+](C)(C)C)C(O)CCCCCCCCCCCCCCCCCCCC. The zero-order valence-corrected chi connectivity index (χ0v) is 53.8. The van der Waals surface area contributed by atoms with E-state index in [9.17, 15) is 19.4 Å². The van der Waals surface area contributed by atoms with Gasteiger partial charge in [0.05, 0.1) is 39.9 Å². The Balaban J connectivity index is 3.95. The Bertz CT molecular complexity index is 1520. The third kappa shape index (κ3) is 63.4. The molecule has 0 fully saturated rings. The van der Waals surface area contributed by atoms with E-state index in [2.05, 4.69) is 92.1 Å². The van der Waals surface area contributed by atoms with Crippen LogP contribution in [0, 0.1) is 0 Å². The van der Waals surface area contributed by atoms with Gasteiger partial charge in [-0.15, -0.1) is 0 Å². The summed E-state index contributed by atoms with van der Waals surface area (Å²) in [7, 11) is 1.63. The van der Waals surface area contributed by atoms with Crippen molar-refractivity contribution in [1.82, 2.24) is 5.32 Å². The summed E-state index contributed by atoms with van der Waals surface area (Å²) in [5.74, 6) is -0.140. The largest absolute Gasteiger partial charge is 0.472 e. The quantitative estimate of drug-likeness (QED) is 0.0243. The third-order valence-electron chi connectivity index (χ3n) is 15.2. The van der Waals surface area contributed by atoms with Crippen LogP contribution in [0.5, 0.6) is 0 Å². The number of hydrogen-bond acceptors (Lipinski definition) is 5. The second-order valence-electron chi connectivity index (χ2n) is 24.2. The van der Waals surface area contributed by atoms with Crippen molar-refractivity contribution in [1.29, 1.82) is 0 Å². The zero-order valence-electron chi connectivity index (χ0n) is 52.9. The molecule has 0 saturated heterocycles. The highest BCUT2D eigenvalue weighted by Crippen LogP contribution is 2.43. The lowest BCUT2D eigenvalue weighted by Crippen LogP contribution is -2.46. The molecule has 3 atom stereocenters. The topological polar surface area (TPSA) is 105 Å². The number of carbonyl (C=O) groups excluding carboxylic acids is 1. The molecule has 0 aromatic carbocycles. The lowest BCUT2D eigenvalue weighted by Gasteiger charge is -2.26. The van der Waals surface area contributed by atoms with Gasteiger partial charge in [0.25, 0.3) is 0 Å². The highest BCUT2D eigenvalue weighted by molar-refractivity contribution is 7.47. The number of carbonyl (C=O) groups is 1. The van der Waals surface area contributed by atoms with Crippen LogP contribution < -0.4 is 5.32 Å². The maximum atomic E-state index is 13.0. The van der Waals surface area contributed by atoms with Gasteiger partial charge in [0.1, 0.15) is 13.2 Å². The van der Waals surface area contributed by atoms with Crippen molar-refractivity contribution >= 4 is 13.7 Å². The second-order valence-corrected chi connectivity index (χ2v) is 25.6. The van der Waals surface area contributed by atoms with Crippen molar-refractivity contribution in [2.45, 2.75) is 328 Å². The molecule has 0 rings (SSSR count). The van der Waals surface area contributed by atoms with E-state index in [0.717, 1.165) is 77.0 Å². The van der Waals surface area contributed by atoms with Gasteiger partial charge in [0.2, 0.25) is 5.91 Å². The van der Waals surface area contributed by atoms with Gasteiger partial charge in [-0.2, -0.15) is 0 Å². The zero-order chi connectivity index (χ0) is 57.7. The summed E-state index contributed by atoms with van der Waals surface area (Å²) in [4.78, 5) is 23.4. The Hall–Kier alpha value is -2.06. The molecule has 8 nitrogen and oxygen atoms in total. The second kappa shape index (κ2) is 60.5. The minimum Gasteiger partial charge on any atom is -0.391 e. The first-order valence-electron chi connectivity index (χ1n) is 33.8. The Labute approximate surface area is 491 Å². The van der Waals surface area contributed by atoms with Crippen molar-refractivity contribution < 1.29 is 32.9 Å². The van der Waals surface area contributed by atoms with E-state index in [0.29, 0.717) is 23.9 Å². The van der Waals surface area contributed by atoms with Crippen molar-refractivity contribution in [3.8, 4) is 0 Å². The summed E-state index contributed by atoms with van der Waals surface area (Å²) in [5.41, 5.74) is 0. The predicted molar refractivity (Wildman–Crippen MR) is 346 cm³/mol. The van der Waals surface area contributed by atoms with Gasteiger partial charge in [0, 0.05) is 6.42 Å². The molecular formula is C70H132N2O6P+. The average Bonchev–Trinajstić information content (AvgIpc) is 3.42. The average molecular weight is 1130 g/mol. The maximum absolute atomic E-state index is 13.0. The molecule has 0 aromatic rings. The van der Waals surface area contributed by atoms with E-state index in [-0.39, 0.29) is 19.1 Å². The van der Waals surface area contributed by atoms with Crippen molar-refractivity contribution in [3.63, 3.8) is 0 Å². The summed E-state index contributed by atoms with van der Waals surface area (Å²) < 4.78 is 23.8. The smallest absolute Gasteiger partial charge is 0.391 e. The molecule has 0 aliphatic heterocycles. The molecule has 1 amide bonds. The van der Waals surface area contributed by atoms with Gasteiger partial charge in [-0.05, 0) is 64.2 Å². The van der Waals surface area contributed by atoms with E-state index < -0.39 is 20.0 Å². The van der Waals surface area contributed by atoms with Crippen LogP contribution in [-0.2, 0) is 18.4 Å². The van der Waals surface area contributed by atoms with Gasteiger partial charge >= 0.3 is 7.82 Å². The number of hydrogen-bond donors (Lipinski definition) is 3. The number of aliphatic hydroxyl groups excluding tert-OH is 1. The Morgan fingerprint density at radius 3 is 1.11 bits per heavy atom. The molecule has 0 heterocycles. The number of nitrogens with zero attached hydrogens (tertiary/aromatic N) is 1. The number of phosphoric acid groups is 1. The number of phosphoric ester groups is 1. The monoisotopic (exact) mass is 1130 g/mol. The van der Waals surface area contributed by atoms with Gasteiger partial charge in [-0.25, -0.2) is 4.57 Å². The molecule has 3 N–H and O–H groups in total. The van der Waals surface area contributed by atoms with Crippen LogP contribution in [-0.4, -0.2) is 73.4 Å². The Morgan fingerprint density at radius 2 is 0.759 bits per heavy atom. The molecule has 0 aliphatic carbocycles. The van der Waals surface area contributed by atoms with Crippen LogP contribution in [0.2, 0.25) is 0 Å². The van der Waals surface area contributed by atoms with Crippen LogP contribution in [0.25, 0.3) is 0 Å². The summed E-state index contributed by atoms with van der Waals surface area (Å²) in [6, 6.07) is -0.762.